The fourth-order valence-electron chi connectivity index (χ4n) is 2.93. The first-order chi connectivity index (χ1) is 12.4. The summed E-state index contributed by atoms with van der Waals surface area (Å²) in [4.78, 5) is 27.4. The predicted molar refractivity (Wildman–Crippen MR) is 97.5 cm³/mol. The van der Waals surface area contributed by atoms with Gasteiger partial charge in [-0.15, -0.1) is 0 Å². The third-order valence-electron chi connectivity index (χ3n) is 4.29. The highest BCUT2D eigenvalue weighted by Crippen LogP contribution is 2.23. The monoisotopic (exact) mass is 396 g/mol. The number of aliphatic carboxylic acids is 1. The normalized spacial score (nSPS) is 15.2. The lowest BCUT2D eigenvalue weighted by molar-refractivity contribution is -0.137. The van der Waals surface area contributed by atoms with E-state index in [9.17, 15) is 9.59 Å². The molecule has 2 aromatic rings. The molecule has 0 bridgehead atoms. The summed E-state index contributed by atoms with van der Waals surface area (Å²) in [5.74, 6) is -1.24. The summed E-state index contributed by atoms with van der Waals surface area (Å²) in [6.45, 7) is 2.89. The summed E-state index contributed by atoms with van der Waals surface area (Å²) < 4.78 is 1.21. The van der Waals surface area contributed by atoms with Crippen LogP contribution in [0.15, 0.2) is 30.5 Å². The van der Waals surface area contributed by atoms with Gasteiger partial charge in [-0.05, 0) is 23.8 Å². The molecule has 9 heteroatoms. The molecule has 0 radical (unpaired) electrons. The quantitative estimate of drug-likeness (QED) is 0.837. The fraction of sp³-hybridized carbons (Fsp3) is 0.353. The zero-order valence-corrected chi connectivity index (χ0v) is 15.4. The van der Waals surface area contributed by atoms with Crippen LogP contribution in [0.5, 0.6) is 0 Å². The van der Waals surface area contributed by atoms with Crippen LogP contribution in [0.25, 0.3) is 0 Å². The molecule has 26 heavy (non-hydrogen) atoms. The Labute approximate surface area is 160 Å². The Balaban J connectivity index is 1.59. The maximum Gasteiger partial charge on any atom is 0.325 e. The summed E-state index contributed by atoms with van der Waals surface area (Å²) in [5, 5.41) is 14.1. The van der Waals surface area contributed by atoms with Gasteiger partial charge in [0.25, 0.3) is 5.91 Å². The van der Waals surface area contributed by atoms with Crippen LogP contribution in [0.1, 0.15) is 16.1 Å². The first-order valence-corrected chi connectivity index (χ1v) is 8.89. The molecule has 0 atom stereocenters. The van der Waals surface area contributed by atoms with Crippen molar-refractivity contribution in [1.82, 2.24) is 19.6 Å². The van der Waals surface area contributed by atoms with Crippen LogP contribution in [0, 0.1) is 0 Å². The first kappa shape index (κ1) is 18.7. The molecule has 138 valence electrons. The number of benzene rings is 1. The van der Waals surface area contributed by atoms with E-state index in [2.05, 4.69) is 10.00 Å². The molecule has 3 rings (SSSR count). The van der Waals surface area contributed by atoms with Gasteiger partial charge in [0.1, 0.15) is 12.2 Å². The number of carbonyl (C=O) groups excluding carboxylic acids is 1. The number of hydrogen-bond acceptors (Lipinski definition) is 4. The Bertz CT molecular complexity index is 816. The van der Waals surface area contributed by atoms with Crippen molar-refractivity contribution in [2.24, 2.45) is 0 Å². The maximum atomic E-state index is 12.6. The minimum absolute atomic E-state index is 0.201. The first-order valence-electron chi connectivity index (χ1n) is 8.13. The summed E-state index contributed by atoms with van der Waals surface area (Å²) >= 11 is 12.1. The highest BCUT2D eigenvalue weighted by atomic mass is 35.5. The van der Waals surface area contributed by atoms with E-state index in [1.807, 2.05) is 12.1 Å². The zero-order chi connectivity index (χ0) is 18.7. The van der Waals surface area contributed by atoms with Crippen LogP contribution < -0.4 is 0 Å². The summed E-state index contributed by atoms with van der Waals surface area (Å²) in [6.07, 6.45) is 1.44. The van der Waals surface area contributed by atoms with Gasteiger partial charge in [0, 0.05) is 49.0 Å². The number of amides is 1. The topological polar surface area (TPSA) is 78.7 Å². The maximum absolute atomic E-state index is 12.6. The van der Waals surface area contributed by atoms with Crippen LogP contribution >= 0.6 is 23.2 Å². The van der Waals surface area contributed by atoms with Gasteiger partial charge < -0.3 is 10.0 Å². The molecule has 7 nitrogen and oxygen atoms in total. The van der Waals surface area contributed by atoms with E-state index in [-0.39, 0.29) is 12.5 Å². The molecule has 1 saturated heterocycles. The Morgan fingerprint density at radius 2 is 1.85 bits per heavy atom. The molecule has 1 amide bonds. The Hall–Kier alpha value is -2.09. The third-order valence-corrected chi connectivity index (χ3v) is 4.88. The van der Waals surface area contributed by atoms with E-state index in [4.69, 9.17) is 28.3 Å². The minimum Gasteiger partial charge on any atom is -0.480 e. The van der Waals surface area contributed by atoms with E-state index in [1.165, 1.54) is 10.9 Å². The van der Waals surface area contributed by atoms with Crippen LogP contribution in [-0.2, 0) is 17.9 Å². The van der Waals surface area contributed by atoms with Gasteiger partial charge in [0.05, 0.1) is 0 Å². The number of rotatable bonds is 5. The average molecular weight is 397 g/mol. The van der Waals surface area contributed by atoms with Crippen molar-refractivity contribution in [2.45, 2.75) is 13.1 Å². The molecular weight excluding hydrogens is 379 g/mol. The van der Waals surface area contributed by atoms with Crippen molar-refractivity contribution >= 4 is 35.1 Å². The van der Waals surface area contributed by atoms with Gasteiger partial charge >= 0.3 is 5.97 Å². The number of halogens is 2. The van der Waals surface area contributed by atoms with Gasteiger partial charge in [-0.3, -0.25) is 14.5 Å². The predicted octanol–water partition coefficient (Wildman–Crippen LogP) is 2.23. The third kappa shape index (κ3) is 4.35. The number of aromatic nitrogens is 2. The van der Waals surface area contributed by atoms with Crippen LogP contribution in [0.2, 0.25) is 10.0 Å². The van der Waals surface area contributed by atoms with E-state index < -0.39 is 5.97 Å². The molecule has 2 heterocycles. The largest absolute Gasteiger partial charge is 0.480 e. The van der Waals surface area contributed by atoms with E-state index in [1.54, 1.807) is 17.0 Å². The molecule has 1 aliphatic heterocycles. The lowest BCUT2D eigenvalue weighted by Gasteiger charge is -2.34. The SMILES string of the molecule is O=C(O)Cn1nccc1C(=O)N1CCN(Cc2ccc(Cl)cc2Cl)CC1. The van der Waals surface area contributed by atoms with Crippen molar-refractivity contribution in [3.63, 3.8) is 0 Å². The number of hydrogen-bond donors (Lipinski definition) is 1. The lowest BCUT2D eigenvalue weighted by Crippen LogP contribution is -2.48. The van der Waals surface area contributed by atoms with Crippen molar-refractivity contribution in [3.05, 3.63) is 51.8 Å². The molecule has 1 aromatic carbocycles. The summed E-state index contributed by atoms with van der Waals surface area (Å²) in [5.41, 5.74) is 1.29. The van der Waals surface area contributed by atoms with Crippen molar-refractivity contribution in [3.8, 4) is 0 Å². The second-order valence-electron chi connectivity index (χ2n) is 6.07. The van der Waals surface area contributed by atoms with E-state index in [0.717, 1.165) is 5.56 Å². The molecule has 0 unspecified atom stereocenters. The molecule has 0 saturated carbocycles. The Kier molecular flexibility index (Phi) is 5.80. The van der Waals surface area contributed by atoms with E-state index >= 15 is 0 Å². The van der Waals surface area contributed by atoms with Gasteiger partial charge in [-0.2, -0.15) is 5.10 Å². The van der Waals surface area contributed by atoms with Crippen LogP contribution in [0.4, 0.5) is 0 Å². The average Bonchev–Trinajstić information content (AvgIpc) is 3.05. The molecule has 1 aliphatic rings. The van der Waals surface area contributed by atoms with Crippen molar-refractivity contribution in [1.29, 1.82) is 0 Å². The van der Waals surface area contributed by atoms with Gasteiger partial charge in [-0.1, -0.05) is 29.3 Å². The molecular formula is C17H18Cl2N4O3. The van der Waals surface area contributed by atoms with Gasteiger partial charge in [0.15, 0.2) is 0 Å². The van der Waals surface area contributed by atoms with Crippen molar-refractivity contribution in [2.75, 3.05) is 26.2 Å². The number of carbonyl (C=O) groups is 2. The standard InChI is InChI=1S/C17H18Cl2N4O3/c18-13-2-1-12(14(19)9-13)10-21-5-7-22(8-6-21)17(26)15-3-4-20-23(15)11-16(24)25/h1-4,9H,5-8,10-11H2,(H,24,25). The molecule has 1 aromatic heterocycles. The fourth-order valence-corrected chi connectivity index (χ4v) is 3.40. The van der Waals surface area contributed by atoms with Crippen LogP contribution in [-0.4, -0.2) is 62.7 Å². The minimum atomic E-state index is -1.03. The zero-order valence-electron chi connectivity index (χ0n) is 13.9. The number of piperazine rings is 1. The second kappa shape index (κ2) is 8.07. The molecule has 1 fully saturated rings. The molecule has 0 spiro atoms. The van der Waals surface area contributed by atoms with Crippen LogP contribution in [0.3, 0.4) is 0 Å². The van der Waals surface area contributed by atoms with Gasteiger partial charge in [0.2, 0.25) is 0 Å². The summed E-state index contributed by atoms with van der Waals surface area (Å²) in [6, 6.07) is 6.99. The Morgan fingerprint density at radius 1 is 1.12 bits per heavy atom. The number of carboxylic acids is 1. The smallest absolute Gasteiger partial charge is 0.325 e. The second-order valence-corrected chi connectivity index (χ2v) is 6.92. The summed E-state index contributed by atoms with van der Waals surface area (Å²) in [7, 11) is 0. The number of carboxylic acid groups (broad SMARTS) is 1. The molecule has 0 aliphatic carbocycles. The highest BCUT2D eigenvalue weighted by molar-refractivity contribution is 6.35. The van der Waals surface area contributed by atoms with E-state index in [0.29, 0.717) is 48.5 Å². The highest BCUT2D eigenvalue weighted by Gasteiger charge is 2.25. The lowest BCUT2D eigenvalue weighted by atomic mass is 10.2. The Morgan fingerprint density at radius 3 is 2.50 bits per heavy atom. The number of nitrogens with zero attached hydrogens (tertiary/aromatic N) is 4. The van der Waals surface area contributed by atoms with Gasteiger partial charge in [-0.25, -0.2) is 4.68 Å². The van der Waals surface area contributed by atoms with Crippen molar-refractivity contribution < 1.29 is 14.7 Å². The molecule has 1 N–H and O–H groups in total.